The van der Waals surface area contributed by atoms with Crippen LogP contribution in [0.3, 0.4) is 0 Å². The fraction of sp³-hybridized carbons (Fsp3) is 0.462. The van der Waals surface area contributed by atoms with E-state index in [4.69, 9.17) is 4.74 Å². The maximum atomic E-state index is 11.3. The number of carbonyl (C=O) groups excluding carboxylic acids is 1. The largest absolute Gasteiger partial charge is 0.469 e. The summed E-state index contributed by atoms with van der Waals surface area (Å²) in [5, 5.41) is 0. The van der Waals surface area contributed by atoms with E-state index in [2.05, 4.69) is 26.0 Å². The second-order valence-corrected chi connectivity index (χ2v) is 4.04. The van der Waals surface area contributed by atoms with Gasteiger partial charge in [-0.05, 0) is 17.4 Å². The minimum atomic E-state index is -0.141. The first-order valence-electron chi connectivity index (χ1n) is 5.27. The highest BCUT2D eigenvalue weighted by Crippen LogP contribution is 2.27. The van der Waals surface area contributed by atoms with Crippen LogP contribution in [0.1, 0.15) is 31.7 Å². The molecular formula is C13H18O2. The molecule has 1 aromatic carbocycles. The van der Waals surface area contributed by atoms with Crippen molar-refractivity contribution in [2.24, 2.45) is 5.92 Å². The molecule has 15 heavy (non-hydrogen) atoms. The van der Waals surface area contributed by atoms with Gasteiger partial charge < -0.3 is 4.74 Å². The third kappa shape index (κ3) is 3.39. The van der Waals surface area contributed by atoms with Crippen LogP contribution in [0.15, 0.2) is 30.3 Å². The lowest BCUT2D eigenvalue weighted by Crippen LogP contribution is -2.13. The van der Waals surface area contributed by atoms with Gasteiger partial charge in [-0.25, -0.2) is 0 Å². The second kappa shape index (κ2) is 5.54. The van der Waals surface area contributed by atoms with Crippen LogP contribution < -0.4 is 0 Å². The van der Waals surface area contributed by atoms with Gasteiger partial charge >= 0.3 is 5.97 Å². The summed E-state index contributed by atoms with van der Waals surface area (Å²) in [4.78, 5) is 11.3. The van der Waals surface area contributed by atoms with E-state index >= 15 is 0 Å². The molecule has 2 nitrogen and oxygen atoms in total. The van der Waals surface area contributed by atoms with Gasteiger partial charge in [-0.3, -0.25) is 4.79 Å². The zero-order valence-electron chi connectivity index (χ0n) is 9.57. The highest BCUT2D eigenvalue weighted by molar-refractivity contribution is 5.70. The molecule has 0 saturated heterocycles. The van der Waals surface area contributed by atoms with Gasteiger partial charge in [0.05, 0.1) is 13.5 Å². The van der Waals surface area contributed by atoms with Crippen LogP contribution in [0.5, 0.6) is 0 Å². The van der Waals surface area contributed by atoms with Crippen molar-refractivity contribution >= 4 is 5.97 Å². The van der Waals surface area contributed by atoms with Gasteiger partial charge in [0.25, 0.3) is 0 Å². The average Bonchev–Trinajstić information content (AvgIpc) is 2.26. The van der Waals surface area contributed by atoms with Crippen LogP contribution >= 0.6 is 0 Å². The molecule has 1 aromatic rings. The van der Waals surface area contributed by atoms with Crippen LogP contribution in [-0.4, -0.2) is 13.1 Å². The first-order valence-corrected chi connectivity index (χ1v) is 5.27. The van der Waals surface area contributed by atoms with Gasteiger partial charge in [-0.1, -0.05) is 44.2 Å². The van der Waals surface area contributed by atoms with Gasteiger partial charge in [0.2, 0.25) is 0 Å². The van der Waals surface area contributed by atoms with Gasteiger partial charge in [0.15, 0.2) is 0 Å². The highest BCUT2D eigenvalue weighted by Gasteiger charge is 2.19. The summed E-state index contributed by atoms with van der Waals surface area (Å²) < 4.78 is 4.71. The van der Waals surface area contributed by atoms with E-state index in [0.29, 0.717) is 12.3 Å². The van der Waals surface area contributed by atoms with Crippen LogP contribution in [0.2, 0.25) is 0 Å². The number of hydrogen-bond donors (Lipinski definition) is 0. The Balaban J connectivity index is 2.79. The van der Waals surface area contributed by atoms with E-state index in [1.807, 2.05) is 18.2 Å². The summed E-state index contributed by atoms with van der Waals surface area (Å²) in [5.41, 5.74) is 1.21. The van der Waals surface area contributed by atoms with Crippen LogP contribution in [-0.2, 0) is 9.53 Å². The molecule has 0 fully saturated rings. The Kier molecular flexibility index (Phi) is 4.35. The van der Waals surface area contributed by atoms with Crippen molar-refractivity contribution in [1.29, 1.82) is 0 Å². The summed E-state index contributed by atoms with van der Waals surface area (Å²) >= 11 is 0. The van der Waals surface area contributed by atoms with Crippen LogP contribution in [0, 0.1) is 5.92 Å². The Morgan fingerprint density at radius 3 is 2.33 bits per heavy atom. The van der Waals surface area contributed by atoms with Gasteiger partial charge in [0.1, 0.15) is 0 Å². The summed E-state index contributed by atoms with van der Waals surface area (Å²) in [7, 11) is 1.44. The van der Waals surface area contributed by atoms with Crippen molar-refractivity contribution in [1.82, 2.24) is 0 Å². The normalized spacial score (nSPS) is 12.5. The van der Waals surface area contributed by atoms with Crippen molar-refractivity contribution in [3.05, 3.63) is 35.9 Å². The molecule has 0 saturated carbocycles. The monoisotopic (exact) mass is 206 g/mol. The Labute approximate surface area is 91.3 Å². The molecule has 0 aliphatic heterocycles. The van der Waals surface area contributed by atoms with Crippen molar-refractivity contribution in [3.63, 3.8) is 0 Å². The van der Waals surface area contributed by atoms with Crippen molar-refractivity contribution in [3.8, 4) is 0 Å². The fourth-order valence-corrected chi connectivity index (χ4v) is 1.70. The molecule has 0 aliphatic rings. The Morgan fingerprint density at radius 2 is 1.87 bits per heavy atom. The molecule has 0 amide bonds. The average molecular weight is 206 g/mol. The molecule has 0 radical (unpaired) electrons. The van der Waals surface area contributed by atoms with Crippen molar-refractivity contribution < 1.29 is 9.53 Å². The second-order valence-electron chi connectivity index (χ2n) is 4.04. The first kappa shape index (κ1) is 11.8. The number of carbonyl (C=O) groups is 1. The van der Waals surface area contributed by atoms with E-state index in [9.17, 15) is 4.79 Å². The zero-order chi connectivity index (χ0) is 11.3. The topological polar surface area (TPSA) is 26.3 Å². The third-order valence-electron chi connectivity index (χ3n) is 2.65. The number of benzene rings is 1. The van der Waals surface area contributed by atoms with E-state index in [1.165, 1.54) is 12.7 Å². The molecule has 1 rings (SSSR count). The maximum absolute atomic E-state index is 11.3. The molecule has 1 atom stereocenters. The standard InChI is InChI=1S/C13H18O2/c1-10(2)12(9-13(14)15-3)11-7-5-4-6-8-11/h4-8,10,12H,9H2,1-3H3/t12-/m0/s1. The molecule has 0 bridgehead atoms. The Bertz CT molecular complexity index is 304. The number of hydrogen-bond acceptors (Lipinski definition) is 2. The molecule has 0 unspecified atom stereocenters. The number of ether oxygens (including phenoxy) is 1. The summed E-state index contributed by atoms with van der Waals surface area (Å²) in [6.07, 6.45) is 0.457. The lowest BCUT2D eigenvalue weighted by atomic mass is 9.86. The third-order valence-corrected chi connectivity index (χ3v) is 2.65. The lowest BCUT2D eigenvalue weighted by molar-refractivity contribution is -0.141. The Hall–Kier alpha value is -1.31. The minimum Gasteiger partial charge on any atom is -0.469 e. The molecule has 0 aromatic heterocycles. The fourth-order valence-electron chi connectivity index (χ4n) is 1.70. The van der Waals surface area contributed by atoms with Crippen LogP contribution in [0.4, 0.5) is 0 Å². The summed E-state index contributed by atoms with van der Waals surface area (Å²) in [6.45, 7) is 4.25. The number of methoxy groups -OCH3 is 1. The smallest absolute Gasteiger partial charge is 0.306 e. The van der Waals surface area contributed by atoms with E-state index < -0.39 is 0 Å². The molecule has 0 N–H and O–H groups in total. The molecule has 0 spiro atoms. The van der Waals surface area contributed by atoms with Gasteiger partial charge in [-0.15, -0.1) is 0 Å². The minimum absolute atomic E-state index is 0.141. The van der Waals surface area contributed by atoms with Gasteiger partial charge in [-0.2, -0.15) is 0 Å². The first-order chi connectivity index (χ1) is 7.15. The zero-order valence-corrected chi connectivity index (χ0v) is 9.57. The Morgan fingerprint density at radius 1 is 1.27 bits per heavy atom. The van der Waals surface area contributed by atoms with Crippen LogP contribution in [0.25, 0.3) is 0 Å². The SMILES string of the molecule is COC(=O)C[C@H](c1ccccc1)C(C)C. The summed E-state index contributed by atoms with van der Waals surface area (Å²) in [6, 6.07) is 10.1. The van der Waals surface area contributed by atoms with Gasteiger partial charge in [0, 0.05) is 0 Å². The highest BCUT2D eigenvalue weighted by atomic mass is 16.5. The molecule has 82 valence electrons. The van der Waals surface area contributed by atoms with E-state index in [-0.39, 0.29) is 11.9 Å². The molecular weight excluding hydrogens is 188 g/mol. The molecule has 0 heterocycles. The lowest BCUT2D eigenvalue weighted by Gasteiger charge is -2.19. The predicted octanol–water partition coefficient (Wildman–Crippen LogP) is 2.99. The summed E-state index contributed by atoms with van der Waals surface area (Å²) in [5.74, 6) is 0.544. The van der Waals surface area contributed by atoms with Crippen molar-refractivity contribution in [2.45, 2.75) is 26.2 Å². The predicted molar refractivity (Wildman–Crippen MR) is 60.7 cm³/mol. The van der Waals surface area contributed by atoms with Crippen molar-refractivity contribution in [2.75, 3.05) is 7.11 Å². The number of esters is 1. The molecule has 2 heteroatoms. The van der Waals surface area contributed by atoms with E-state index in [1.54, 1.807) is 0 Å². The maximum Gasteiger partial charge on any atom is 0.306 e. The molecule has 0 aliphatic carbocycles. The van der Waals surface area contributed by atoms with E-state index in [0.717, 1.165) is 0 Å². The number of rotatable bonds is 4. The quantitative estimate of drug-likeness (QED) is 0.708.